The summed E-state index contributed by atoms with van der Waals surface area (Å²) in [5.41, 5.74) is 4.03. The zero-order chi connectivity index (χ0) is 15.8. The molecule has 1 amide bonds. The summed E-state index contributed by atoms with van der Waals surface area (Å²) in [6.45, 7) is 0. The number of aromatic nitrogens is 1. The van der Waals surface area contributed by atoms with E-state index in [1.807, 2.05) is 12.1 Å². The lowest BCUT2D eigenvalue weighted by molar-refractivity contribution is 0.0955. The first-order valence-corrected chi connectivity index (χ1v) is 6.34. The van der Waals surface area contributed by atoms with Gasteiger partial charge in [0.1, 0.15) is 5.75 Å². The van der Waals surface area contributed by atoms with Gasteiger partial charge < -0.3 is 9.94 Å². The van der Waals surface area contributed by atoms with E-state index >= 15 is 0 Å². The third-order valence-corrected chi connectivity index (χ3v) is 2.73. The number of hydrogen-bond acceptors (Lipinski definition) is 6. The van der Waals surface area contributed by atoms with Gasteiger partial charge in [-0.25, -0.2) is 5.43 Å². The van der Waals surface area contributed by atoms with Crippen molar-refractivity contribution in [3.05, 3.63) is 59.4 Å². The molecule has 1 aromatic carbocycles. The van der Waals surface area contributed by atoms with E-state index < -0.39 is 0 Å². The van der Waals surface area contributed by atoms with Crippen LogP contribution in [0.3, 0.4) is 0 Å². The molecule has 2 aromatic rings. The van der Waals surface area contributed by atoms with Gasteiger partial charge in [-0.15, -0.1) is 0 Å². The highest BCUT2D eigenvalue weighted by Gasteiger charge is 2.04. The Morgan fingerprint density at radius 1 is 1.23 bits per heavy atom. The van der Waals surface area contributed by atoms with Crippen molar-refractivity contribution in [1.82, 2.24) is 10.4 Å². The fraction of sp³-hybridized carbons (Fsp3) is 0.0667. The van der Waals surface area contributed by atoms with Crippen LogP contribution < -0.4 is 10.2 Å². The Labute approximate surface area is 127 Å². The monoisotopic (exact) mass is 298 g/mol. The molecule has 0 radical (unpaired) electrons. The topological polar surface area (TPSA) is 96.2 Å². The standard InChI is InChI=1S/C15H14N4O3/c1-22-14-6-2-11(3-7-14)8-17-19-15(20)12-4-5-13(10-18-21)16-9-12/h2-10,21H,1H3,(H,19,20)/b17-8?,18-10+. The second-order valence-electron chi connectivity index (χ2n) is 4.19. The molecule has 7 heteroatoms. The first-order valence-electron chi connectivity index (χ1n) is 6.34. The Hall–Kier alpha value is -3.22. The summed E-state index contributed by atoms with van der Waals surface area (Å²) in [5.74, 6) is 0.364. The molecule has 7 nitrogen and oxygen atoms in total. The van der Waals surface area contributed by atoms with Crippen molar-refractivity contribution in [2.45, 2.75) is 0 Å². The number of nitrogens with one attached hydrogen (secondary N) is 1. The second-order valence-corrected chi connectivity index (χ2v) is 4.19. The van der Waals surface area contributed by atoms with E-state index in [0.29, 0.717) is 11.3 Å². The Balaban J connectivity index is 1.94. The number of hydrazone groups is 1. The van der Waals surface area contributed by atoms with E-state index in [9.17, 15) is 4.79 Å². The van der Waals surface area contributed by atoms with Crippen molar-refractivity contribution in [2.24, 2.45) is 10.3 Å². The SMILES string of the molecule is COc1ccc(C=NNC(=O)c2ccc(/C=N/O)nc2)cc1. The van der Waals surface area contributed by atoms with Crippen molar-refractivity contribution in [2.75, 3.05) is 7.11 Å². The predicted octanol–water partition coefficient (Wildman–Crippen LogP) is 1.66. The highest BCUT2D eigenvalue weighted by Crippen LogP contribution is 2.09. The molecule has 0 unspecified atom stereocenters. The fourth-order valence-electron chi connectivity index (χ4n) is 1.60. The van der Waals surface area contributed by atoms with E-state index in [0.717, 1.165) is 11.3 Å². The third kappa shape index (κ3) is 4.14. The number of benzene rings is 1. The minimum absolute atomic E-state index is 0.349. The highest BCUT2D eigenvalue weighted by atomic mass is 16.5. The average molecular weight is 298 g/mol. The van der Waals surface area contributed by atoms with Crippen molar-refractivity contribution in [3.8, 4) is 5.75 Å². The molecule has 2 N–H and O–H groups in total. The molecule has 0 fully saturated rings. The van der Waals surface area contributed by atoms with Crippen LogP contribution in [-0.4, -0.2) is 35.6 Å². The summed E-state index contributed by atoms with van der Waals surface area (Å²) in [5, 5.41) is 15.1. The molecule has 1 heterocycles. The molecule has 0 aliphatic heterocycles. The van der Waals surface area contributed by atoms with Gasteiger partial charge in [-0.2, -0.15) is 5.10 Å². The average Bonchev–Trinajstić information content (AvgIpc) is 2.56. The van der Waals surface area contributed by atoms with Crippen molar-refractivity contribution < 1.29 is 14.7 Å². The van der Waals surface area contributed by atoms with E-state index in [4.69, 9.17) is 9.94 Å². The number of ether oxygens (including phenoxy) is 1. The van der Waals surface area contributed by atoms with Crippen molar-refractivity contribution in [3.63, 3.8) is 0 Å². The quantitative estimate of drug-likeness (QED) is 0.498. The number of pyridine rings is 1. The fourth-order valence-corrected chi connectivity index (χ4v) is 1.60. The minimum Gasteiger partial charge on any atom is -0.497 e. The first kappa shape index (κ1) is 15.2. The van der Waals surface area contributed by atoms with E-state index in [1.54, 1.807) is 31.4 Å². The summed E-state index contributed by atoms with van der Waals surface area (Å²) >= 11 is 0. The summed E-state index contributed by atoms with van der Waals surface area (Å²) in [6, 6.07) is 10.4. The Bertz CT molecular complexity index is 679. The lowest BCUT2D eigenvalue weighted by Gasteiger charge is -2.00. The van der Waals surface area contributed by atoms with Crippen molar-refractivity contribution >= 4 is 18.3 Å². The lowest BCUT2D eigenvalue weighted by Crippen LogP contribution is -2.17. The molecular weight excluding hydrogens is 284 g/mol. The molecule has 0 atom stereocenters. The number of amides is 1. The minimum atomic E-state index is -0.384. The summed E-state index contributed by atoms with van der Waals surface area (Å²) < 4.78 is 5.05. The molecule has 0 saturated carbocycles. The van der Waals surface area contributed by atoms with Crippen LogP contribution in [0, 0.1) is 0 Å². The maximum Gasteiger partial charge on any atom is 0.272 e. The van der Waals surface area contributed by atoms with Gasteiger partial charge in [-0.3, -0.25) is 9.78 Å². The van der Waals surface area contributed by atoms with Crippen molar-refractivity contribution in [1.29, 1.82) is 0 Å². The summed E-state index contributed by atoms with van der Waals surface area (Å²) in [4.78, 5) is 15.8. The summed E-state index contributed by atoms with van der Waals surface area (Å²) in [6.07, 6.45) is 4.07. The molecule has 0 spiro atoms. The van der Waals surface area contributed by atoms with E-state index in [1.165, 1.54) is 18.6 Å². The molecule has 0 bridgehead atoms. The zero-order valence-electron chi connectivity index (χ0n) is 11.8. The number of carbonyl (C=O) groups excluding carboxylic acids is 1. The smallest absolute Gasteiger partial charge is 0.272 e. The van der Waals surface area contributed by atoms with E-state index in [2.05, 4.69) is 20.7 Å². The molecule has 112 valence electrons. The van der Waals surface area contributed by atoms with Gasteiger partial charge in [0, 0.05) is 6.20 Å². The molecule has 0 aliphatic carbocycles. The molecule has 2 rings (SSSR count). The van der Waals surface area contributed by atoms with Gasteiger partial charge in [-0.1, -0.05) is 5.16 Å². The number of nitrogens with zero attached hydrogens (tertiary/aromatic N) is 3. The van der Waals surface area contributed by atoms with Crippen LogP contribution >= 0.6 is 0 Å². The normalized spacial score (nSPS) is 11.0. The van der Waals surface area contributed by atoms with Crippen LogP contribution in [0.4, 0.5) is 0 Å². The van der Waals surface area contributed by atoms with Crippen LogP contribution in [0.15, 0.2) is 52.9 Å². The van der Waals surface area contributed by atoms with Gasteiger partial charge in [0.2, 0.25) is 0 Å². The Morgan fingerprint density at radius 2 is 2.00 bits per heavy atom. The number of carbonyl (C=O) groups is 1. The first-order chi connectivity index (χ1) is 10.7. The molecule has 0 aliphatic rings. The molecule has 0 saturated heterocycles. The van der Waals surface area contributed by atoms with Gasteiger partial charge in [0.25, 0.3) is 5.91 Å². The number of methoxy groups -OCH3 is 1. The number of oxime groups is 1. The molecular formula is C15H14N4O3. The van der Waals surface area contributed by atoms with Crippen LogP contribution in [0.5, 0.6) is 5.75 Å². The van der Waals surface area contributed by atoms with Crippen LogP contribution in [0.2, 0.25) is 0 Å². The van der Waals surface area contributed by atoms with Gasteiger partial charge >= 0.3 is 0 Å². The van der Waals surface area contributed by atoms with Crippen LogP contribution in [0.1, 0.15) is 21.6 Å². The maximum atomic E-state index is 11.8. The second kappa shape index (κ2) is 7.53. The third-order valence-electron chi connectivity index (χ3n) is 2.73. The predicted molar refractivity (Wildman–Crippen MR) is 81.7 cm³/mol. The van der Waals surface area contributed by atoms with Crippen LogP contribution in [0.25, 0.3) is 0 Å². The number of hydrogen-bond donors (Lipinski definition) is 2. The highest BCUT2D eigenvalue weighted by molar-refractivity contribution is 5.95. The van der Waals surface area contributed by atoms with Gasteiger partial charge in [-0.05, 0) is 42.0 Å². The summed E-state index contributed by atoms with van der Waals surface area (Å²) in [7, 11) is 1.59. The Morgan fingerprint density at radius 3 is 2.59 bits per heavy atom. The van der Waals surface area contributed by atoms with Gasteiger partial charge in [0.15, 0.2) is 0 Å². The molecule has 1 aromatic heterocycles. The largest absolute Gasteiger partial charge is 0.497 e. The maximum absolute atomic E-state index is 11.8. The number of rotatable bonds is 5. The lowest BCUT2D eigenvalue weighted by atomic mass is 10.2. The van der Waals surface area contributed by atoms with Gasteiger partial charge in [0.05, 0.1) is 30.8 Å². The Kier molecular flexibility index (Phi) is 5.20. The zero-order valence-corrected chi connectivity index (χ0v) is 11.8. The molecule has 22 heavy (non-hydrogen) atoms. The van der Waals surface area contributed by atoms with E-state index in [-0.39, 0.29) is 5.91 Å². The van der Waals surface area contributed by atoms with Crippen LogP contribution in [-0.2, 0) is 0 Å².